The molecule has 1 nitrogen and oxygen atoms in total. The van der Waals surface area contributed by atoms with E-state index in [1.807, 2.05) is 0 Å². The normalized spacial score (nSPS) is 16.5. The lowest BCUT2D eigenvalue weighted by Crippen LogP contribution is -2.16. The van der Waals surface area contributed by atoms with E-state index in [1.54, 1.807) is 22.1 Å². The number of hydrogen-bond acceptors (Lipinski definition) is 2. The summed E-state index contributed by atoms with van der Waals surface area (Å²) in [7, 11) is 3.83. The van der Waals surface area contributed by atoms with Crippen LogP contribution in [0.25, 0.3) is 0 Å². The first-order valence-corrected chi connectivity index (χ1v) is 7.43. The van der Waals surface area contributed by atoms with E-state index in [1.165, 1.54) is 31.4 Å². The van der Waals surface area contributed by atoms with Gasteiger partial charge in [-0.15, -0.1) is 11.7 Å². The third kappa shape index (κ3) is 1.96. The van der Waals surface area contributed by atoms with Crippen molar-refractivity contribution in [1.29, 1.82) is 0 Å². The average Bonchev–Trinajstić information content (AvgIpc) is 2.58. The molecule has 0 aromatic carbocycles. The molecule has 0 unspecified atom stereocenters. The number of aromatic nitrogens is 1. The van der Waals surface area contributed by atoms with Crippen molar-refractivity contribution in [3.05, 3.63) is 23.0 Å². The molecule has 0 N–H and O–H groups in total. The van der Waals surface area contributed by atoms with E-state index in [0.29, 0.717) is 0 Å². The van der Waals surface area contributed by atoms with E-state index in [4.69, 9.17) is 0 Å². The maximum absolute atomic E-state index is 4.38. The number of aryl methyl sites for hydroxylation is 1. The average molecular weight is 241 g/mol. The van der Waals surface area contributed by atoms with E-state index >= 15 is 0 Å². The fraction of sp³-hybridized carbons (Fsp3) is 0.667. The van der Waals surface area contributed by atoms with Crippen molar-refractivity contribution in [2.24, 2.45) is 7.05 Å². The number of nitrogens with zero attached hydrogens (tertiary/aromatic N) is 1. The number of rotatable bonds is 2. The molecular weight excluding hydrogens is 222 g/mol. The highest BCUT2D eigenvalue weighted by Crippen LogP contribution is 2.40. The van der Waals surface area contributed by atoms with Crippen LogP contribution >= 0.6 is 22.5 Å². The second-order valence-electron chi connectivity index (χ2n) is 4.87. The molecule has 0 aliphatic heterocycles. The highest BCUT2D eigenvalue weighted by Gasteiger charge is 2.26. The fourth-order valence-corrected chi connectivity index (χ4v) is 3.05. The molecule has 0 bridgehead atoms. The van der Waals surface area contributed by atoms with Gasteiger partial charge in [0.05, 0.1) is 4.75 Å². The zero-order valence-electron chi connectivity index (χ0n) is 9.71. The number of hydrogen-bond donors (Lipinski definition) is 1. The van der Waals surface area contributed by atoms with Crippen LogP contribution in [0.1, 0.15) is 43.6 Å². The molecule has 0 radical (unpaired) electrons. The van der Waals surface area contributed by atoms with Gasteiger partial charge in [0.25, 0.3) is 0 Å². The minimum Gasteiger partial charge on any atom is -0.350 e. The molecule has 0 amide bonds. The Labute approximate surface area is 101 Å². The molecule has 0 spiro atoms. The van der Waals surface area contributed by atoms with Crippen LogP contribution in [0.5, 0.6) is 0 Å². The van der Waals surface area contributed by atoms with Crippen LogP contribution in [0.15, 0.2) is 6.07 Å². The first kappa shape index (κ1) is 11.5. The predicted molar refractivity (Wildman–Crippen MR) is 71.7 cm³/mol. The highest BCUT2D eigenvalue weighted by atomic mass is 33.1. The summed E-state index contributed by atoms with van der Waals surface area (Å²) >= 11 is 4.38. The SMILES string of the molecule is Cn1c(C(C)(C)SS)cc2c1CCCC2. The van der Waals surface area contributed by atoms with Gasteiger partial charge in [0.1, 0.15) is 0 Å². The van der Waals surface area contributed by atoms with Gasteiger partial charge < -0.3 is 4.57 Å². The van der Waals surface area contributed by atoms with Crippen LogP contribution in [-0.4, -0.2) is 4.57 Å². The second kappa shape index (κ2) is 4.10. The molecule has 15 heavy (non-hydrogen) atoms. The molecule has 0 atom stereocenters. The Balaban J connectivity index is 2.46. The minimum atomic E-state index is 0.106. The summed E-state index contributed by atoms with van der Waals surface area (Å²) in [5.74, 6) is 0. The largest absolute Gasteiger partial charge is 0.350 e. The minimum absolute atomic E-state index is 0.106. The topological polar surface area (TPSA) is 4.93 Å². The summed E-state index contributed by atoms with van der Waals surface area (Å²) in [6.45, 7) is 4.48. The van der Waals surface area contributed by atoms with Gasteiger partial charge in [-0.2, -0.15) is 0 Å². The van der Waals surface area contributed by atoms with E-state index in [2.05, 4.69) is 43.2 Å². The zero-order valence-corrected chi connectivity index (χ0v) is 11.4. The lowest BCUT2D eigenvalue weighted by Gasteiger charge is -2.23. The van der Waals surface area contributed by atoms with Gasteiger partial charge in [0.2, 0.25) is 0 Å². The summed E-state index contributed by atoms with van der Waals surface area (Å²) in [4.78, 5) is 0. The lowest BCUT2D eigenvalue weighted by atomic mass is 9.98. The third-order valence-corrected chi connectivity index (χ3v) is 5.44. The van der Waals surface area contributed by atoms with Gasteiger partial charge in [0.15, 0.2) is 0 Å². The van der Waals surface area contributed by atoms with Crippen molar-refractivity contribution in [2.45, 2.75) is 44.3 Å². The molecule has 2 rings (SSSR count). The van der Waals surface area contributed by atoms with Crippen LogP contribution in [0, 0.1) is 0 Å². The van der Waals surface area contributed by atoms with Crippen LogP contribution in [-0.2, 0) is 24.6 Å². The molecule has 0 saturated carbocycles. The quantitative estimate of drug-likeness (QED) is 0.611. The van der Waals surface area contributed by atoms with E-state index in [-0.39, 0.29) is 4.75 Å². The molecule has 84 valence electrons. The molecule has 0 fully saturated rings. The molecule has 1 aromatic rings. The summed E-state index contributed by atoms with van der Waals surface area (Å²) in [5, 5.41) is 0. The fourth-order valence-electron chi connectivity index (χ4n) is 2.48. The molecule has 1 aliphatic carbocycles. The first-order valence-electron chi connectivity index (χ1n) is 5.57. The Morgan fingerprint density at radius 2 is 2.00 bits per heavy atom. The Bertz CT molecular complexity index is 366. The summed E-state index contributed by atoms with van der Waals surface area (Å²) in [5.41, 5.74) is 4.52. The van der Waals surface area contributed by atoms with Gasteiger partial charge in [-0.25, -0.2) is 0 Å². The van der Waals surface area contributed by atoms with E-state index in [0.717, 1.165) is 0 Å². The molecule has 1 aromatic heterocycles. The second-order valence-corrected chi connectivity index (χ2v) is 6.62. The maximum Gasteiger partial charge on any atom is 0.0605 e. The van der Waals surface area contributed by atoms with Crippen LogP contribution in [0.2, 0.25) is 0 Å². The van der Waals surface area contributed by atoms with Crippen LogP contribution in [0.3, 0.4) is 0 Å². The zero-order chi connectivity index (χ0) is 11.1. The first-order chi connectivity index (χ1) is 7.06. The predicted octanol–water partition coefficient (Wildman–Crippen LogP) is 3.72. The Morgan fingerprint density at radius 1 is 1.33 bits per heavy atom. The van der Waals surface area contributed by atoms with Crippen molar-refractivity contribution >= 4 is 22.5 Å². The summed E-state index contributed by atoms with van der Waals surface area (Å²) in [6, 6.07) is 2.39. The van der Waals surface area contributed by atoms with Crippen LogP contribution < -0.4 is 0 Å². The van der Waals surface area contributed by atoms with Crippen molar-refractivity contribution < 1.29 is 0 Å². The molecule has 1 heterocycles. The highest BCUT2D eigenvalue weighted by molar-refractivity contribution is 8.68. The van der Waals surface area contributed by atoms with Gasteiger partial charge in [-0.1, -0.05) is 10.8 Å². The lowest BCUT2D eigenvalue weighted by molar-refractivity contribution is 0.624. The Kier molecular flexibility index (Phi) is 3.13. The van der Waals surface area contributed by atoms with Crippen molar-refractivity contribution in [1.82, 2.24) is 4.57 Å². The van der Waals surface area contributed by atoms with E-state index in [9.17, 15) is 0 Å². The van der Waals surface area contributed by atoms with Gasteiger partial charge in [-0.05, 0) is 51.2 Å². The van der Waals surface area contributed by atoms with Crippen molar-refractivity contribution in [3.63, 3.8) is 0 Å². The van der Waals surface area contributed by atoms with Crippen molar-refractivity contribution in [2.75, 3.05) is 0 Å². The Morgan fingerprint density at radius 3 is 2.60 bits per heavy atom. The molecule has 3 heteroatoms. The van der Waals surface area contributed by atoms with E-state index < -0.39 is 0 Å². The maximum atomic E-state index is 4.38. The third-order valence-electron chi connectivity index (χ3n) is 3.40. The molecular formula is C12H19NS2. The van der Waals surface area contributed by atoms with Gasteiger partial charge in [0, 0.05) is 18.4 Å². The standard InChI is InChI=1S/C12H19NS2/c1-12(2,15-14)11-8-9-6-4-5-7-10(9)13(11)3/h8,14H,4-7H2,1-3H3. The van der Waals surface area contributed by atoms with Gasteiger partial charge >= 0.3 is 0 Å². The van der Waals surface area contributed by atoms with Crippen molar-refractivity contribution in [3.8, 4) is 0 Å². The monoisotopic (exact) mass is 241 g/mol. The summed E-state index contributed by atoms with van der Waals surface area (Å²) < 4.78 is 2.49. The van der Waals surface area contributed by atoms with Gasteiger partial charge in [-0.3, -0.25) is 0 Å². The molecule has 1 aliphatic rings. The Hall–Kier alpha value is -0.0200. The van der Waals surface area contributed by atoms with Crippen LogP contribution in [0.4, 0.5) is 0 Å². The number of fused-ring (bicyclic) bond motifs is 1. The molecule has 0 saturated heterocycles. The smallest absolute Gasteiger partial charge is 0.0605 e. The number of thiol groups is 1. The summed E-state index contributed by atoms with van der Waals surface area (Å²) in [6.07, 6.45) is 5.21.